The number of nitrogens with zero attached hydrogens (tertiary/aromatic N) is 1. The monoisotopic (exact) mass is 294 g/mol. The third kappa shape index (κ3) is 3.39. The van der Waals surface area contributed by atoms with Crippen LogP contribution in [0.5, 0.6) is 0 Å². The number of carbonyl (C=O) groups is 2. The maximum Gasteiger partial charge on any atom is 0.242 e. The normalized spacial score (nSPS) is 33.0. The highest BCUT2D eigenvalue weighted by molar-refractivity contribution is 5.89. The third-order valence-corrected chi connectivity index (χ3v) is 5.17. The van der Waals surface area contributed by atoms with Gasteiger partial charge in [0.1, 0.15) is 6.04 Å². The largest absolute Gasteiger partial charge is 0.393 e. The lowest BCUT2D eigenvalue weighted by Gasteiger charge is -2.29. The zero-order chi connectivity index (χ0) is 14.8. The number of aliphatic hydroxyl groups excluding tert-OH is 1. The van der Waals surface area contributed by atoms with Gasteiger partial charge in [-0.15, -0.1) is 0 Å². The molecule has 5 heteroatoms. The maximum absolute atomic E-state index is 12.4. The van der Waals surface area contributed by atoms with Gasteiger partial charge in [0.2, 0.25) is 11.8 Å². The van der Waals surface area contributed by atoms with Crippen molar-refractivity contribution in [2.45, 2.75) is 63.5 Å². The van der Waals surface area contributed by atoms with E-state index >= 15 is 0 Å². The maximum atomic E-state index is 12.4. The van der Waals surface area contributed by atoms with Gasteiger partial charge < -0.3 is 15.3 Å². The summed E-state index contributed by atoms with van der Waals surface area (Å²) in [5, 5.41) is 12.9. The van der Waals surface area contributed by atoms with Gasteiger partial charge in [0.15, 0.2) is 0 Å². The molecular formula is C16H26N2O3. The molecule has 2 aliphatic carbocycles. The predicted molar refractivity (Wildman–Crippen MR) is 78.4 cm³/mol. The highest BCUT2D eigenvalue weighted by Crippen LogP contribution is 2.33. The van der Waals surface area contributed by atoms with Crippen molar-refractivity contribution in [3.63, 3.8) is 0 Å². The van der Waals surface area contributed by atoms with Crippen LogP contribution < -0.4 is 5.32 Å². The Morgan fingerprint density at radius 1 is 1.05 bits per heavy atom. The standard InChI is InChI=1S/C16H26N2O3/c19-14-6-2-1-4-12(14)10-17-15(20)13-5-3-9-18(13)16(21)11-7-8-11/h11-14,19H,1-10H2,(H,17,20). The number of aliphatic hydroxyl groups is 1. The van der Waals surface area contributed by atoms with Crippen LogP contribution in [-0.2, 0) is 9.59 Å². The number of rotatable bonds is 4. The lowest BCUT2D eigenvalue weighted by atomic mass is 9.86. The lowest BCUT2D eigenvalue weighted by Crippen LogP contribution is -2.48. The van der Waals surface area contributed by atoms with Gasteiger partial charge >= 0.3 is 0 Å². The van der Waals surface area contributed by atoms with E-state index < -0.39 is 0 Å². The number of likely N-dealkylation sites (tertiary alicyclic amines) is 1. The Kier molecular flexibility index (Phi) is 4.48. The first kappa shape index (κ1) is 14.8. The fourth-order valence-electron chi connectivity index (χ4n) is 3.64. The average Bonchev–Trinajstić information content (AvgIpc) is 3.22. The van der Waals surface area contributed by atoms with Crippen LogP contribution in [0.25, 0.3) is 0 Å². The molecule has 3 fully saturated rings. The van der Waals surface area contributed by atoms with Crippen molar-refractivity contribution in [2.75, 3.05) is 13.1 Å². The van der Waals surface area contributed by atoms with Crippen LogP contribution in [0.4, 0.5) is 0 Å². The fourth-order valence-corrected chi connectivity index (χ4v) is 3.64. The third-order valence-electron chi connectivity index (χ3n) is 5.17. The van der Waals surface area contributed by atoms with Crippen molar-refractivity contribution in [3.8, 4) is 0 Å². The van der Waals surface area contributed by atoms with Crippen molar-refractivity contribution >= 4 is 11.8 Å². The molecule has 0 aromatic carbocycles. The van der Waals surface area contributed by atoms with Gasteiger partial charge in [-0.2, -0.15) is 0 Å². The highest BCUT2D eigenvalue weighted by atomic mass is 16.3. The molecule has 0 bridgehead atoms. The van der Waals surface area contributed by atoms with E-state index in [2.05, 4.69) is 5.32 Å². The Morgan fingerprint density at radius 3 is 2.52 bits per heavy atom. The summed E-state index contributed by atoms with van der Waals surface area (Å²) in [4.78, 5) is 26.3. The van der Waals surface area contributed by atoms with Crippen LogP contribution in [-0.4, -0.2) is 47.1 Å². The summed E-state index contributed by atoms with van der Waals surface area (Å²) in [7, 11) is 0. The second-order valence-electron chi connectivity index (χ2n) is 6.82. The molecule has 2 N–H and O–H groups in total. The molecule has 3 rings (SSSR count). The lowest BCUT2D eigenvalue weighted by molar-refractivity contribution is -0.139. The molecule has 21 heavy (non-hydrogen) atoms. The van der Waals surface area contributed by atoms with E-state index in [9.17, 15) is 14.7 Å². The first-order valence-corrected chi connectivity index (χ1v) is 8.43. The molecule has 3 aliphatic rings. The molecule has 0 spiro atoms. The van der Waals surface area contributed by atoms with Crippen LogP contribution in [0.15, 0.2) is 0 Å². The summed E-state index contributed by atoms with van der Waals surface area (Å²) in [6.07, 6.45) is 7.42. The molecule has 2 amide bonds. The van der Waals surface area contributed by atoms with Crippen molar-refractivity contribution in [2.24, 2.45) is 11.8 Å². The van der Waals surface area contributed by atoms with Gasteiger partial charge in [-0.05, 0) is 38.5 Å². The zero-order valence-corrected chi connectivity index (χ0v) is 12.6. The SMILES string of the molecule is O=C(NCC1CCCCC1O)C1CCCN1C(=O)C1CC1. The first-order chi connectivity index (χ1) is 10.2. The molecule has 3 atom stereocenters. The van der Waals surface area contributed by atoms with E-state index in [1.165, 1.54) is 0 Å². The molecule has 1 heterocycles. The first-order valence-electron chi connectivity index (χ1n) is 8.43. The molecule has 118 valence electrons. The molecule has 1 saturated heterocycles. The molecule has 3 unspecified atom stereocenters. The quantitative estimate of drug-likeness (QED) is 0.814. The van der Waals surface area contributed by atoms with Gasteiger partial charge in [-0.25, -0.2) is 0 Å². The minimum Gasteiger partial charge on any atom is -0.393 e. The minimum absolute atomic E-state index is 0.0285. The summed E-state index contributed by atoms with van der Waals surface area (Å²) in [6, 6.07) is -0.279. The van der Waals surface area contributed by atoms with Crippen molar-refractivity contribution in [1.82, 2.24) is 10.2 Å². The topological polar surface area (TPSA) is 69.6 Å². The van der Waals surface area contributed by atoms with Gasteiger partial charge in [0.05, 0.1) is 6.10 Å². The zero-order valence-electron chi connectivity index (χ0n) is 12.6. The van der Waals surface area contributed by atoms with Crippen LogP contribution in [0.2, 0.25) is 0 Å². The summed E-state index contributed by atoms with van der Waals surface area (Å²) in [5.74, 6) is 0.500. The molecule has 2 saturated carbocycles. The van der Waals surface area contributed by atoms with Gasteiger partial charge in [-0.3, -0.25) is 9.59 Å². The average molecular weight is 294 g/mol. The van der Waals surface area contributed by atoms with Crippen molar-refractivity contribution < 1.29 is 14.7 Å². The Hall–Kier alpha value is -1.10. The Morgan fingerprint density at radius 2 is 1.81 bits per heavy atom. The van der Waals surface area contributed by atoms with E-state index in [1.54, 1.807) is 4.90 Å². The smallest absolute Gasteiger partial charge is 0.242 e. The van der Waals surface area contributed by atoms with E-state index in [-0.39, 0.29) is 35.8 Å². The van der Waals surface area contributed by atoms with Crippen LogP contribution in [0.1, 0.15) is 51.4 Å². The summed E-state index contributed by atoms with van der Waals surface area (Å²) < 4.78 is 0. The number of nitrogens with one attached hydrogen (secondary N) is 1. The van der Waals surface area contributed by atoms with E-state index in [1.807, 2.05) is 0 Å². The Bertz CT molecular complexity index is 408. The van der Waals surface area contributed by atoms with Gasteiger partial charge in [-0.1, -0.05) is 12.8 Å². The van der Waals surface area contributed by atoms with Crippen LogP contribution >= 0.6 is 0 Å². The molecule has 5 nitrogen and oxygen atoms in total. The van der Waals surface area contributed by atoms with Gasteiger partial charge in [0, 0.05) is 24.9 Å². The molecule has 1 aliphatic heterocycles. The van der Waals surface area contributed by atoms with Crippen LogP contribution in [0, 0.1) is 11.8 Å². The molecular weight excluding hydrogens is 268 g/mol. The van der Waals surface area contributed by atoms with Gasteiger partial charge in [0.25, 0.3) is 0 Å². The van der Waals surface area contributed by atoms with Crippen LogP contribution in [0.3, 0.4) is 0 Å². The Labute approximate surface area is 126 Å². The minimum atomic E-state index is -0.285. The van der Waals surface area contributed by atoms with Crippen molar-refractivity contribution in [3.05, 3.63) is 0 Å². The second-order valence-corrected chi connectivity index (χ2v) is 6.82. The summed E-state index contributed by atoms with van der Waals surface area (Å²) in [6.45, 7) is 1.27. The van der Waals surface area contributed by atoms with Crippen molar-refractivity contribution in [1.29, 1.82) is 0 Å². The highest BCUT2D eigenvalue weighted by Gasteiger charge is 2.40. The fraction of sp³-hybridized carbons (Fsp3) is 0.875. The molecule has 0 aromatic rings. The molecule has 0 aromatic heterocycles. The van der Waals surface area contributed by atoms with E-state index in [0.29, 0.717) is 6.54 Å². The number of amides is 2. The summed E-state index contributed by atoms with van der Waals surface area (Å²) in [5.41, 5.74) is 0. The number of hydrogen-bond donors (Lipinski definition) is 2. The molecule has 0 radical (unpaired) electrons. The second kappa shape index (κ2) is 6.34. The van der Waals surface area contributed by atoms with E-state index in [4.69, 9.17) is 0 Å². The number of carbonyl (C=O) groups excluding carboxylic acids is 2. The summed E-state index contributed by atoms with van der Waals surface area (Å²) >= 11 is 0. The predicted octanol–water partition coefficient (Wildman–Crippen LogP) is 1.05. The van der Waals surface area contributed by atoms with E-state index in [0.717, 1.165) is 57.9 Å². The Balaban J connectivity index is 1.50. The number of hydrogen-bond acceptors (Lipinski definition) is 3.